The molecule has 0 saturated heterocycles. The van der Waals surface area contributed by atoms with Crippen molar-refractivity contribution in [3.63, 3.8) is 0 Å². The SMILES string of the molecule is CNc1cnc(-c2nnc(C)o2)nc1. The zero-order chi connectivity index (χ0) is 9.97. The van der Waals surface area contributed by atoms with Crippen molar-refractivity contribution in [2.45, 2.75) is 6.92 Å². The van der Waals surface area contributed by atoms with Crippen LogP contribution in [0.3, 0.4) is 0 Å². The quantitative estimate of drug-likeness (QED) is 0.759. The first kappa shape index (κ1) is 8.61. The highest BCUT2D eigenvalue weighted by atomic mass is 16.4. The van der Waals surface area contributed by atoms with Crippen molar-refractivity contribution < 1.29 is 4.42 Å². The van der Waals surface area contributed by atoms with E-state index in [9.17, 15) is 0 Å². The molecule has 0 unspecified atom stereocenters. The van der Waals surface area contributed by atoms with Gasteiger partial charge in [-0.05, 0) is 0 Å². The van der Waals surface area contributed by atoms with Crippen molar-refractivity contribution in [1.82, 2.24) is 20.2 Å². The number of hydrogen-bond acceptors (Lipinski definition) is 6. The molecule has 1 N–H and O–H groups in total. The molecule has 2 heterocycles. The molecule has 0 aliphatic rings. The van der Waals surface area contributed by atoms with Gasteiger partial charge in [0.1, 0.15) is 0 Å². The molecule has 72 valence electrons. The lowest BCUT2D eigenvalue weighted by Gasteiger charge is -1.97. The first-order chi connectivity index (χ1) is 6.79. The van der Waals surface area contributed by atoms with Crippen molar-refractivity contribution in [2.24, 2.45) is 0 Å². The molecule has 6 nitrogen and oxygen atoms in total. The van der Waals surface area contributed by atoms with Crippen molar-refractivity contribution in [3.05, 3.63) is 18.3 Å². The Bertz CT molecular complexity index is 422. The van der Waals surface area contributed by atoms with E-state index >= 15 is 0 Å². The van der Waals surface area contributed by atoms with Gasteiger partial charge in [-0.2, -0.15) is 0 Å². The first-order valence-electron chi connectivity index (χ1n) is 4.10. The third-order valence-electron chi connectivity index (χ3n) is 1.66. The number of nitrogens with one attached hydrogen (secondary N) is 1. The fraction of sp³-hybridized carbons (Fsp3) is 0.250. The molecule has 2 aromatic heterocycles. The Hall–Kier alpha value is -1.98. The molecule has 6 heteroatoms. The number of rotatable bonds is 2. The van der Waals surface area contributed by atoms with Gasteiger partial charge in [0.15, 0.2) is 0 Å². The van der Waals surface area contributed by atoms with Gasteiger partial charge in [0.25, 0.3) is 5.89 Å². The summed E-state index contributed by atoms with van der Waals surface area (Å²) in [5, 5.41) is 10.4. The van der Waals surface area contributed by atoms with Crippen LogP contribution in [0.1, 0.15) is 5.89 Å². The number of anilines is 1. The van der Waals surface area contributed by atoms with E-state index in [4.69, 9.17) is 4.42 Å². The van der Waals surface area contributed by atoms with E-state index in [1.165, 1.54) is 0 Å². The minimum atomic E-state index is 0.338. The summed E-state index contributed by atoms with van der Waals surface area (Å²) >= 11 is 0. The fourth-order valence-electron chi connectivity index (χ4n) is 0.954. The standard InChI is InChI=1S/C8H9N5O/c1-5-12-13-8(14-5)7-10-3-6(9-2)4-11-7/h3-4,9H,1-2H3. The molecule has 0 spiro atoms. The number of nitrogens with zero attached hydrogens (tertiary/aromatic N) is 4. The Balaban J connectivity index is 2.33. The van der Waals surface area contributed by atoms with Crippen molar-refractivity contribution in [2.75, 3.05) is 12.4 Å². The zero-order valence-corrected chi connectivity index (χ0v) is 7.85. The van der Waals surface area contributed by atoms with Crippen molar-refractivity contribution in [3.8, 4) is 11.7 Å². The molecule has 0 aliphatic carbocycles. The molecule has 0 bridgehead atoms. The van der Waals surface area contributed by atoms with Gasteiger partial charge in [-0.15, -0.1) is 10.2 Å². The molecular formula is C8H9N5O. The van der Waals surface area contributed by atoms with Gasteiger partial charge in [-0.25, -0.2) is 9.97 Å². The summed E-state index contributed by atoms with van der Waals surface area (Å²) in [6.45, 7) is 1.72. The third-order valence-corrected chi connectivity index (χ3v) is 1.66. The van der Waals surface area contributed by atoms with Crippen LogP contribution in [0.15, 0.2) is 16.8 Å². The Morgan fingerprint density at radius 3 is 2.43 bits per heavy atom. The smallest absolute Gasteiger partial charge is 0.285 e. The second-order valence-corrected chi connectivity index (χ2v) is 2.67. The van der Waals surface area contributed by atoms with E-state index in [0.717, 1.165) is 5.69 Å². The van der Waals surface area contributed by atoms with Gasteiger partial charge in [0, 0.05) is 14.0 Å². The maximum Gasteiger partial charge on any atom is 0.285 e. The summed E-state index contributed by atoms with van der Waals surface area (Å²) in [7, 11) is 1.80. The van der Waals surface area contributed by atoms with E-state index in [0.29, 0.717) is 17.6 Å². The minimum absolute atomic E-state index is 0.338. The van der Waals surface area contributed by atoms with Crippen LogP contribution in [0.2, 0.25) is 0 Å². The summed E-state index contributed by atoms with van der Waals surface area (Å²) in [5.41, 5.74) is 0.838. The highest BCUT2D eigenvalue weighted by Crippen LogP contribution is 2.12. The predicted molar refractivity (Wildman–Crippen MR) is 49.6 cm³/mol. The highest BCUT2D eigenvalue weighted by molar-refractivity contribution is 5.44. The van der Waals surface area contributed by atoms with Crippen molar-refractivity contribution >= 4 is 5.69 Å². The summed E-state index contributed by atoms with van der Waals surface area (Å²) in [4.78, 5) is 8.13. The van der Waals surface area contributed by atoms with Crippen LogP contribution < -0.4 is 5.32 Å². The van der Waals surface area contributed by atoms with Crippen molar-refractivity contribution in [1.29, 1.82) is 0 Å². The summed E-state index contributed by atoms with van der Waals surface area (Å²) in [5.74, 6) is 1.27. The number of aryl methyl sites for hydroxylation is 1. The molecule has 0 amide bonds. The predicted octanol–water partition coefficient (Wildman–Crippen LogP) is 0.877. The maximum atomic E-state index is 5.18. The van der Waals surface area contributed by atoms with Gasteiger partial charge < -0.3 is 9.73 Å². The molecule has 14 heavy (non-hydrogen) atoms. The van der Waals surface area contributed by atoms with Gasteiger partial charge in [0.2, 0.25) is 11.7 Å². The monoisotopic (exact) mass is 191 g/mol. The normalized spacial score (nSPS) is 10.1. The Morgan fingerprint density at radius 1 is 1.21 bits per heavy atom. The topological polar surface area (TPSA) is 76.7 Å². The van der Waals surface area contributed by atoms with Crippen LogP contribution >= 0.6 is 0 Å². The molecule has 0 saturated carbocycles. The van der Waals surface area contributed by atoms with Gasteiger partial charge >= 0.3 is 0 Å². The van der Waals surface area contributed by atoms with Gasteiger partial charge in [0.05, 0.1) is 18.1 Å². The summed E-state index contributed by atoms with van der Waals surface area (Å²) < 4.78 is 5.18. The average Bonchev–Trinajstić information content (AvgIpc) is 2.65. The Kier molecular flexibility index (Phi) is 2.10. The molecule has 0 atom stereocenters. The minimum Gasteiger partial charge on any atom is -0.418 e. The Morgan fingerprint density at radius 2 is 1.93 bits per heavy atom. The summed E-state index contributed by atoms with van der Waals surface area (Å²) in [6.07, 6.45) is 3.31. The molecule has 0 aliphatic heterocycles. The second-order valence-electron chi connectivity index (χ2n) is 2.67. The maximum absolute atomic E-state index is 5.18. The molecule has 0 radical (unpaired) electrons. The third kappa shape index (κ3) is 1.54. The van der Waals surface area contributed by atoms with Crippen LogP contribution in [0.4, 0.5) is 5.69 Å². The van der Waals surface area contributed by atoms with E-state index in [2.05, 4.69) is 25.5 Å². The summed E-state index contributed by atoms with van der Waals surface area (Å²) in [6, 6.07) is 0. The van der Waals surface area contributed by atoms with E-state index in [1.54, 1.807) is 26.4 Å². The number of aromatic nitrogens is 4. The zero-order valence-electron chi connectivity index (χ0n) is 7.85. The molecular weight excluding hydrogens is 182 g/mol. The van der Waals surface area contributed by atoms with Crippen LogP contribution in [-0.2, 0) is 0 Å². The largest absolute Gasteiger partial charge is 0.418 e. The first-order valence-corrected chi connectivity index (χ1v) is 4.10. The molecule has 2 rings (SSSR count). The van der Waals surface area contributed by atoms with Crippen LogP contribution in [0.5, 0.6) is 0 Å². The lowest BCUT2D eigenvalue weighted by Crippen LogP contribution is -1.93. The van der Waals surface area contributed by atoms with Gasteiger partial charge in [-0.1, -0.05) is 0 Å². The molecule has 0 aromatic carbocycles. The number of hydrogen-bond donors (Lipinski definition) is 1. The molecule has 0 fully saturated rings. The lowest BCUT2D eigenvalue weighted by molar-refractivity contribution is 0.528. The van der Waals surface area contributed by atoms with E-state index in [-0.39, 0.29) is 0 Å². The molecule has 2 aromatic rings. The fourth-order valence-corrected chi connectivity index (χ4v) is 0.954. The highest BCUT2D eigenvalue weighted by Gasteiger charge is 2.07. The average molecular weight is 191 g/mol. The van der Waals surface area contributed by atoms with Gasteiger partial charge in [-0.3, -0.25) is 0 Å². The van der Waals surface area contributed by atoms with E-state index in [1.807, 2.05) is 0 Å². The van der Waals surface area contributed by atoms with E-state index < -0.39 is 0 Å². The van der Waals surface area contributed by atoms with Crippen LogP contribution in [-0.4, -0.2) is 27.2 Å². The second kappa shape index (κ2) is 3.41. The van der Waals surface area contributed by atoms with Crippen LogP contribution in [0.25, 0.3) is 11.7 Å². The lowest BCUT2D eigenvalue weighted by atomic mass is 10.5. The Labute approximate surface area is 80.4 Å². The van der Waals surface area contributed by atoms with Crippen LogP contribution in [0, 0.1) is 6.92 Å².